The predicted octanol–water partition coefficient (Wildman–Crippen LogP) is 1.96. The first-order valence-electron chi connectivity index (χ1n) is 5.74. The number of nitrogens with one attached hydrogen (secondary N) is 2. The van der Waals surface area contributed by atoms with E-state index in [0.717, 1.165) is 12.3 Å². The molecule has 0 fully saturated rings. The molecule has 2 rings (SSSR count). The highest BCUT2D eigenvalue weighted by atomic mass is 16.5. The normalized spacial score (nSPS) is 9.53. The first kappa shape index (κ1) is 13.2. The quantitative estimate of drug-likeness (QED) is 0.779. The minimum Gasteiger partial charge on any atom is -0.481 e. The summed E-state index contributed by atoms with van der Waals surface area (Å²) in [5.74, 6) is 0.811. The van der Waals surface area contributed by atoms with Crippen LogP contribution in [0.25, 0.3) is 0 Å². The SMILES string of the molecule is CCCCCc1cn[nH]c1OC.c1cn[nH]n1. The van der Waals surface area contributed by atoms with E-state index >= 15 is 0 Å². The molecule has 0 aromatic carbocycles. The van der Waals surface area contributed by atoms with Gasteiger partial charge in [-0.15, -0.1) is 0 Å². The van der Waals surface area contributed by atoms with E-state index in [4.69, 9.17) is 4.74 Å². The number of hydrogen-bond acceptors (Lipinski definition) is 4. The van der Waals surface area contributed by atoms with E-state index in [-0.39, 0.29) is 0 Å². The van der Waals surface area contributed by atoms with Gasteiger partial charge in [0.25, 0.3) is 0 Å². The van der Waals surface area contributed by atoms with Crippen molar-refractivity contribution in [2.45, 2.75) is 32.6 Å². The summed E-state index contributed by atoms with van der Waals surface area (Å²) in [7, 11) is 1.66. The molecule has 2 N–H and O–H groups in total. The molecule has 0 spiro atoms. The fraction of sp³-hybridized carbons (Fsp3) is 0.545. The van der Waals surface area contributed by atoms with Gasteiger partial charge < -0.3 is 4.74 Å². The second-order valence-electron chi connectivity index (χ2n) is 3.54. The maximum absolute atomic E-state index is 5.10. The molecule has 0 aliphatic rings. The molecule has 17 heavy (non-hydrogen) atoms. The van der Waals surface area contributed by atoms with Gasteiger partial charge in [0, 0.05) is 5.56 Å². The number of unbranched alkanes of at least 4 members (excludes halogenated alkanes) is 2. The van der Waals surface area contributed by atoms with E-state index in [9.17, 15) is 0 Å². The van der Waals surface area contributed by atoms with E-state index in [1.165, 1.54) is 24.8 Å². The molecule has 2 aromatic heterocycles. The summed E-state index contributed by atoms with van der Waals surface area (Å²) in [6, 6.07) is 0. The lowest BCUT2D eigenvalue weighted by Gasteiger charge is -1.99. The Morgan fingerprint density at radius 2 is 1.94 bits per heavy atom. The molecule has 6 nitrogen and oxygen atoms in total. The van der Waals surface area contributed by atoms with Gasteiger partial charge in [0.1, 0.15) is 0 Å². The van der Waals surface area contributed by atoms with Crippen LogP contribution in [0.5, 0.6) is 5.88 Å². The Kier molecular flexibility index (Phi) is 6.47. The lowest BCUT2D eigenvalue weighted by molar-refractivity contribution is 0.392. The largest absolute Gasteiger partial charge is 0.481 e. The zero-order valence-corrected chi connectivity index (χ0v) is 10.3. The monoisotopic (exact) mass is 237 g/mol. The van der Waals surface area contributed by atoms with Gasteiger partial charge in [0.15, 0.2) is 0 Å². The van der Waals surface area contributed by atoms with Crippen LogP contribution in [-0.4, -0.2) is 32.7 Å². The maximum Gasteiger partial charge on any atom is 0.212 e. The summed E-state index contributed by atoms with van der Waals surface area (Å²) in [6.07, 6.45) is 9.81. The van der Waals surface area contributed by atoms with Crippen LogP contribution in [0.3, 0.4) is 0 Å². The molecule has 0 amide bonds. The Labute approximate surface area is 101 Å². The van der Waals surface area contributed by atoms with Crippen LogP contribution in [0.1, 0.15) is 31.7 Å². The van der Waals surface area contributed by atoms with Crippen LogP contribution in [0.2, 0.25) is 0 Å². The van der Waals surface area contributed by atoms with Gasteiger partial charge in [0.05, 0.1) is 25.7 Å². The third-order valence-corrected chi connectivity index (χ3v) is 2.26. The molecular formula is C11H19N5O. The molecule has 0 unspecified atom stereocenters. The lowest BCUT2D eigenvalue weighted by atomic mass is 10.1. The molecule has 0 radical (unpaired) electrons. The van der Waals surface area contributed by atoms with Crippen molar-refractivity contribution in [2.75, 3.05) is 7.11 Å². The number of aromatic amines is 2. The van der Waals surface area contributed by atoms with Crippen molar-refractivity contribution in [1.82, 2.24) is 25.6 Å². The number of aryl methyl sites for hydroxylation is 1. The summed E-state index contributed by atoms with van der Waals surface area (Å²) in [4.78, 5) is 0. The van der Waals surface area contributed by atoms with E-state index in [2.05, 4.69) is 32.5 Å². The highest BCUT2D eigenvalue weighted by Crippen LogP contribution is 2.15. The summed E-state index contributed by atoms with van der Waals surface area (Å²) < 4.78 is 5.10. The van der Waals surface area contributed by atoms with Crippen molar-refractivity contribution in [1.29, 1.82) is 0 Å². The van der Waals surface area contributed by atoms with Gasteiger partial charge in [-0.3, -0.25) is 0 Å². The highest BCUT2D eigenvalue weighted by Gasteiger charge is 2.03. The standard InChI is InChI=1S/C9H16N2O.C2H3N3/c1-3-4-5-6-8-7-10-11-9(8)12-2;1-2-4-5-3-1/h7H,3-6H2,1-2H3,(H,10,11);1-2H,(H,3,4,5). The molecule has 2 aromatic rings. The minimum absolute atomic E-state index is 0.811. The number of hydrogen-bond donors (Lipinski definition) is 2. The molecule has 0 saturated carbocycles. The smallest absolute Gasteiger partial charge is 0.212 e. The zero-order chi connectivity index (χ0) is 12.3. The first-order chi connectivity index (χ1) is 8.38. The van der Waals surface area contributed by atoms with Crippen molar-refractivity contribution in [3.63, 3.8) is 0 Å². The molecule has 94 valence electrons. The summed E-state index contributed by atoms with van der Waals surface area (Å²) in [5.41, 5.74) is 1.19. The third-order valence-electron chi connectivity index (χ3n) is 2.26. The number of aromatic nitrogens is 5. The van der Waals surface area contributed by atoms with E-state index < -0.39 is 0 Å². The van der Waals surface area contributed by atoms with E-state index in [0.29, 0.717) is 0 Å². The Morgan fingerprint density at radius 1 is 1.18 bits per heavy atom. The van der Waals surface area contributed by atoms with Crippen LogP contribution >= 0.6 is 0 Å². The highest BCUT2D eigenvalue weighted by molar-refractivity contribution is 5.22. The fourth-order valence-corrected chi connectivity index (χ4v) is 1.39. The number of nitrogens with zero attached hydrogens (tertiary/aromatic N) is 3. The summed E-state index contributed by atoms with van der Waals surface area (Å²) >= 11 is 0. The van der Waals surface area contributed by atoms with Crippen LogP contribution in [0.4, 0.5) is 0 Å². The molecule has 6 heteroatoms. The van der Waals surface area contributed by atoms with Crippen LogP contribution in [0, 0.1) is 0 Å². The first-order valence-corrected chi connectivity index (χ1v) is 5.74. The lowest BCUT2D eigenvalue weighted by Crippen LogP contribution is -1.89. The van der Waals surface area contributed by atoms with E-state index in [1.54, 1.807) is 19.5 Å². The number of H-pyrrole nitrogens is 2. The minimum atomic E-state index is 0.811. The van der Waals surface area contributed by atoms with Gasteiger partial charge in [-0.25, -0.2) is 5.10 Å². The van der Waals surface area contributed by atoms with Crippen LogP contribution in [-0.2, 0) is 6.42 Å². The maximum atomic E-state index is 5.10. The van der Waals surface area contributed by atoms with Crippen molar-refractivity contribution < 1.29 is 4.74 Å². The molecular weight excluding hydrogens is 218 g/mol. The molecule has 0 aliphatic heterocycles. The summed E-state index contributed by atoms with van der Waals surface area (Å²) in [5, 5.41) is 16.1. The van der Waals surface area contributed by atoms with Crippen molar-refractivity contribution >= 4 is 0 Å². The molecule has 0 saturated heterocycles. The fourth-order valence-electron chi connectivity index (χ4n) is 1.39. The topological polar surface area (TPSA) is 79.5 Å². The number of ether oxygens (including phenoxy) is 1. The molecule has 2 heterocycles. The second-order valence-corrected chi connectivity index (χ2v) is 3.54. The second kappa shape index (κ2) is 8.32. The van der Waals surface area contributed by atoms with Crippen molar-refractivity contribution in [3.05, 3.63) is 24.2 Å². The Bertz CT molecular complexity index is 354. The number of rotatable bonds is 5. The Balaban J connectivity index is 0.000000239. The number of methoxy groups -OCH3 is 1. The molecule has 0 atom stereocenters. The Hall–Kier alpha value is -1.85. The zero-order valence-electron chi connectivity index (χ0n) is 10.3. The average Bonchev–Trinajstić information content (AvgIpc) is 3.03. The molecule has 0 aliphatic carbocycles. The van der Waals surface area contributed by atoms with Gasteiger partial charge in [-0.1, -0.05) is 19.8 Å². The molecule has 0 bridgehead atoms. The Morgan fingerprint density at radius 3 is 2.47 bits per heavy atom. The van der Waals surface area contributed by atoms with E-state index in [1.807, 2.05) is 6.20 Å². The van der Waals surface area contributed by atoms with Gasteiger partial charge in [-0.2, -0.15) is 20.5 Å². The van der Waals surface area contributed by atoms with Gasteiger partial charge >= 0.3 is 0 Å². The van der Waals surface area contributed by atoms with Crippen LogP contribution in [0.15, 0.2) is 18.6 Å². The van der Waals surface area contributed by atoms with Gasteiger partial charge in [-0.05, 0) is 12.8 Å². The van der Waals surface area contributed by atoms with Crippen molar-refractivity contribution in [2.24, 2.45) is 0 Å². The predicted molar refractivity (Wildman–Crippen MR) is 64.8 cm³/mol. The van der Waals surface area contributed by atoms with Crippen LogP contribution < -0.4 is 4.74 Å². The summed E-state index contributed by atoms with van der Waals surface area (Å²) in [6.45, 7) is 2.20. The average molecular weight is 237 g/mol. The third kappa shape index (κ3) is 5.14. The van der Waals surface area contributed by atoms with Gasteiger partial charge in [0.2, 0.25) is 5.88 Å². The van der Waals surface area contributed by atoms with Crippen molar-refractivity contribution in [3.8, 4) is 5.88 Å².